The summed E-state index contributed by atoms with van der Waals surface area (Å²) in [5, 5.41) is 0. The van der Waals surface area contributed by atoms with E-state index in [2.05, 4.69) is 0 Å². The summed E-state index contributed by atoms with van der Waals surface area (Å²) >= 11 is 0. The number of hydrogen-bond donors (Lipinski definition) is 1. The van der Waals surface area contributed by atoms with Crippen LogP contribution in [0.5, 0.6) is 0 Å². The van der Waals surface area contributed by atoms with Gasteiger partial charge < -0.3 is 10.6 Å². The predicted octanol–water partition coefficient (Wildman–Crippen LogP) is 1.76. The second kappa shape index (κ2) is 6.77. The summed E-state index contributed by atoms with van der Waals surface area (Å²) in [7, 11) is 0.441. The van der Waals surface area contributed by atoms with Crippen LogP contribution in [-0.2, 0) is 10.0 Å². The van der Waals surface area contributed by atoms with Crippen LogP contribution in [0.3, 0.4) is 0 Å². The van der Waals surface area contributed by atoms with Crippen molar-refractivity contribution in [2.75, 3.05) is 32.9 Å². The monoisotopic (exact) mass is 311 g/mol. The minimum Gasteiger partial charge on any atom is -0.399 e. The van der Waals surface area contributed by atoms with E-state index in [1.807, 2.05) is 19.0 Å². The number of anilines is 1. The van der Waals surface area contributed by atoms with Gasteiger partial charge in [0, 0.05) is 24.8 Å². The van der Waals surface area contributed by atoms with E-state index in [9.17, 15) is 8.42 Å². The Hall–Kier alpha value is -1.11. The van der Waals surface area contributed by atoms with Crippen molar-refractivity contribution in [3.8, 4) is 0 Å². The standard InChI is InChI=1S/C15H25N3O2S/c1-17(2)10-11-18(14-7-3-4-8-14)21(19,20)15-9-5-6-13(16)12-15/h5-6,9,12,14H,3-4,7-8,10-11,16H2,1-2H3. The Kier molecular flexibility index (Phi) is 5.24. The molecule has 1 aliphatic rings. The Labute approximate surface area is 127 Å². The summed E-state index contributed by atoms with van der Waals surface area (Å²) in [6.07, 6.45) is 4.12. The van der Waals surface area contributed by atoms with Gasteiger partial charge in [0.15, 0.2) is 0 Å². The van der Waals surface area contributed by atoms with Gasteiger partial charge in [0.05, 0.1) is 4.90 Å². The summed E-state index contributed by atoms with van der Waals surface area (Å²) in [6.45, 7) is 1.24. The second-order valence-corrected chi connectivity index (χ2v) is 7.82. The van der Waals surface area contributed by atoms with Crippen LogP contribution in [0, 0.1) is 0 Å². The van der Waals surface area contributed by atoms with E-state index in [0.717, 1.165) is 32.2 Å². The van der Waals surface area contributed by atoms with Crippen molar-refractivity contribution in [1.29, 1.82) is 0 Å². The van der Waals surface area contributed by atoms with Crippen LogP contribution in [0.25, 0.3) is 0 Å². The molecule has 5 nitrogen and oxygen atoms in total. The fraction of sp³-hybridized carbons (Fsp3) is 0.600. The molecule has 1 aliphatic carbocycles. The largest absolute Gasteiger partial charge is 0.399 e. The SMILES string of the molecule is CN(C)CCN(C1CCCC1)S(=O)(=O)c1cccc(N)c1. The van der Waals surface area contributed by atoms with Gasteiger partial charge >= 0.3 is 0 Å². The van der Waals surface area contributed by atoms with E-state index in [-0.39, 0.29) is 6.04 Å². The van der Waals surface area contributed by atoms with Crippen LogP contribution in [0.2, 0.25) is 0 Å². The minimum atomic E-state index is -3.48. The molecule has 2 N–H and O–H groups in total. The van der Waals surface area contributed by atoms with Crippen molar-refractivity contribution >= 4 is 15.7 Å². The molecule has 0 amide bonds. The lowest BCUT2D eigenvalue weighted by atomic mass is 10.2. The number of benzene rings is 1. The van der Waals surface area contributed by atoms with Gasteiger partial charge in [0.1, 0.15) is 0 Å². The van der Waals surface area contributed by atoms with Gasteiger partial charge in [-0.05, 0) is 45.1 Å². The van der Waals surface area contributed by atoms with E-state index >= 15 is 0 Å². The van der Waals surface area contributed by atoms with Gasteiger partial charge in [-0.3, -0.25) is 0 Å². The third kappa shape index (κ3) is 3.96. The first-order chi connectivity index (χ1) is 9.91. The van der Waals surface area contributed by atoms with E-state index in [1.165, 1.54) is 0 Å². The summed E-state index contributed by atoms with van der Waals surface area (Å²) in [4.78, 5) is 2.31. The highest BCUT2D eigenvalue weighted by atomic mass is 32.2. The number of sulfonamides is 1. The zero-order chi connectivity index (χ0) is 15.5. The van der Waals surface area contributed by atoms with E-state index in [1.54, 1.807) is 28.6 Å². The third-order valence-electron chi connectivity index (χ3n) is 3.96. The molecule has 0 saturated heterocycles. The Morgan fingerprint density at radius 1 is 1.19 bits per heavy atom. The second-order valence-electron chi connectivity index (χ2n) is 5.93. The molecule has 0 bridgehead atoms. The maximum atomic E-state index is 12.9. The molecule has 1 aromatic rings. The third-order valence-corrected chi connectivity index (χ3v) is 5.91. The lowest BCUT2D eigenvalue weighted by molar-refractivity contribution is 0.282. The van der Waals surface area contributed by atoms with Gasteiger partial charge in [-0.1, -0.05) is 18.9 Å². The maximum Gasteiger partial charge on any atom is 0.243 e. The topological polar surface area (TPSA) is 66.6 Å². The highest BCUT2D eigenvalue weighted by Crippen LogP contribution is 2.29. The van der Waals surface area contributed by atoms with Gasteiger partial charge in [0.2, 0.25) is 10.0 Å². The summed E-state index contributed by atoms with van der Waals surface area (Å²) in [5.41, 5.74) is 6.22. The molecule has 1 saturated carbocycles. The minimum absolute atomic E-state index is 0.122. The molecule has 0 aromatic heterocycles. The van der Waals surface area contributed by atoms with Crippen molar-refractivity contribution in [1.82, 2.24) is 9.21 Å². The summed E-state index contributed by atoms with van der Waals surface area (Å²) in [6, 6.07) is 6.70. The zero-order valence-electron chi connectivity index (χ0n) is 12.8. The molecule has 2 rings (SSSR count). The molecule has 0 radical (unpaired) electrons. The molecular weight excluding hydrogens is 286 g/mol. The van der Waals surface area contributed by atoms with E-state index < -0.39 is 10.0 Å². The highest BCUT2D eigenvalue weighted by molar-refractivity contribution is 7.89. The van der Waals surface area contributed by atoms with Crippen molar-refractivity contribution < 1.29 is 8.42 Å². The van der Waals surface area contributed by atoms with Crippen molar-refractivity contribution in [3.05, 3.63) is 24.3 Å². The predicted molar refractivity (Wildman–Crippen MR) is 85.6 cm³/mol. The highest BCUT2D eigenvalue weighted by Gasteiger charge is 2.33. The number of nitrogens with zero attached hydrogens (tertiary/aromatic N) is 2. The molecule has 21 heavy (non-hydrogen) atoms. The number of rotatable bonds is 6. The molecular formula is C15H25N3O2S. The van der Waals surface area contributed by atoms with Crippen LogP contribution >= 0.6 is 0 Å². The van der Waals surface area contributed by atoms with Crippen LogP contribution < -0.4 is 5.73 Å². The first kappa shape index (κ1) is 16.3. The normalized spacial score (nSPS) is 17.0. The first-order valence-electron chi connectivity index (χ1n) is 7.43. The van der Waals surface area contributed by atoms with Crippen LogP contribution in [0.15, 0.2) is 29.2 Å². The Balaban J connectivity index is 2.29. The lowest BCUT2D eigenvalue weighted by Crippen LogP contribution is -2.42. The van der Waals surface area contributed by atoms with Crippen LogP contribution in [0.4, 0.5) is 5.69 Å². The zero-order valence-corrected chi connectivity index (χ0v) is 13.6. The van der Waals surface area contributed by atoms with E-state index in [0.29, 0.717) is 17.1 Å². The molecule has 0 aliphatic heterocycles. The molecule has 0 spiro atoms. The van der Waals surface area contributed by atoms with Crippen molar-refractivity contribution in [3.63, 3.8) is 0 Å². The molecule has 0 heterocycles. The Morgan fingerprint density at radius 3 is 2.43 bits per heavy atom. The van der Waals surface area contributed by atoms with Crippen molar-refractivity contribution in [2.24, 2.45) is 0 Å². The molecule has 118 valence electrons. The molecule has 1 fully saturated rings. The Morgan fingerprint density at radius 2 is 1.86 bits per heavy atom. The van der Waals surface area contributed by atoms with E-state index in [4.69, 9.17) is 5.73 Å². The fourth-order valence-electron chi connectivity index (χ4n) is 2.80. The summed E-state index contributed by atoms with van der Waals surface area (Å²) in [5.74, 6) is 0. The number of nitrogens with two attached hydrogens (primary N) is 1. The van der Waals surface area contributed by atoms with Crippen LogP contribution in [0.1, 0.15) is 25.7 Å². The smallest absolute Gasteiger partial charge is 0.243 e. The molecule has 0 unspecified atom stereocenters. The average molecular weight is 311 g/mol. The van der Waals surface area contributed by atoms with Crippen LogP contribution in [-0.4, -0.2) is 50.8 Å². The maximum absolute atomic E-state index is 12.9. The average Bonchev–Trinajstić information content (AvgIpc) is 2.92. The number of likely N-dealkylation sites (N-methyl/N-ethyl adjacent to an activating group) is 1. The van der Waals surface area contributed by atoms with Crippen molar-refractivity contribution in [2.45, 2.75) is 36.6 Å². The van der Waals surface area contributed by atoms with Gasteiger partial charge in [-0.25, -0.2) is 8.42 Å². The lowest BCUT2D eigenvalue weighted by Gasteiger charge is -2.29. The summed E-state index contributed by atoms with van der Waals surface area (Å²) < 4.78 is 27.5. The number of hydrogen-bond acceptors (Lipinski definition) is 4. The van der Waals surface area contributed by atoms with Gasteiger partial charge in [-0.15, -0.1) is 0 Å². The Bertz CT molecular complexity index is 566. The quantitative estimate of drug-likeness (QED) is 0.813. The van der Waals surface area contributed by atoms with Gasteiger partial charge in [0.25, 0.3) is 0 Å². The molecule has 0 atom stereocenters. The molecule has 1 aromatic carbocycles. The van der Waals surface area contributed by atoms with Gasteiger partial charge in [-0.2, -0.15) is 4.31 Å². The number of nitrogen functional groups attached to an aromatic ring is 1. The fourth-order valence-corrected chi connectivity index (χ4v) is 4.53. The first-order valence-corrected chi connectivity index (χ1v) is 8.87. The molecule has 6 heteroatoms.